The van der Waals surface area contributed by atoms with E-state index in [0.29, 0.717) is 56.3 Å². The summed E-state index contributed by atoms with van der Waals surface area (Å²) in [6, 6.07) is 11.9. The van der Waals surface area contributed by atoms with Gasteiger partial charge in [-0.2, -0.15) is 4.31 Å². The molecular weight excluding hydrogens is 458 g/mol. The Kier molecular flexibility index (Phi) is 7.20. The third-order valence-electron chi connectivity index (χ3n) is 5.93. The maximum atomic E-state index is 13.1. The molecule has 2 amide bonds. The fourth-order valence-corrected chi connectivity index (χ4v) is 5.69. The molecule has 34 heavy (non-hydrogen) atoms. The smallest absolute Gasteiger partial charge is 0.265 e. The highest BCUT2D eigenvalue weighted by Gasteiger charge is 2.28. The average molecular weight is 488 g/mol. The second kappa shape index (κ2) is 10.1. The highest BCUT2D eigenvalue weighted by molar-refractivity contribution is 7.89. The minimum Gasteiger partial charge on any atom is -0.481 e. The Bertz CT molecular complexity index is 1180. The highest BCUT2D eigenvalue weighted by atomic mass is 32.2. The number of aryl methyl sites for hydroxylation is 1. The van der Waals surface area contributed by atoms with Crippen LogP contribution in [0.4, 0.5) is 11.4 Å². The largest absolute Gasteiger partial charge is 0.481 e. The summed E-state index contributed by atoms with van der Waals surface area (Å²) < 4.78 is 38.6. The Morgan fingerprint density at radius 1 is 1.12 bits per heavy atom. The SMILES string of the molecule is Cc1ccc(NC(=O)C(C)Oc2cccc(N3CCCC3=O)c2)cc1S(=O)(=O)N1CCOCC1. The van der Waals surface area contributed by atoms with Crippen LogP contribution in [0.25, 0.3) is 0 Å². The molecule has 2 aliphatic heterocycles. The van der Waals surface area contributed by atoms with E-state index in [-0.39, 0.29) is 10.8 Å². The van der Waals surface area contributed by atoms with Gasteiger partial charge in [0.05, 0.1) is 18.1 Å². The van der Waals surface area contributed by atoms with Crippen LogP contribution in [0.15, 0.2) is 47.4 Å². The molecule has 10 heteroatoms. The molecule has 0 bridgehead atoms. The third kappa shape index (κ3) is 5.24. The molecule has 2 aliphatic rings. The van der Waals surface area contributed by atoms with Crippen molar-refractivity contribution in [1.29, 1.82) is 0 Å². The molecule has 4 rings (SSSR count). The topological polar surface area (TPSA) is 105 Å². The van der Waals surface area contributed by atoms with Crippen LogP contribution in [0.1, 0.15) is 25.3 Å². The first-order valence-corrected chi connectivity index (χ1v) is 12.8. The Hall–Kier alpha value is -2.95. The number of hydrogen-bond acceptors (Lipinski definition) is 6. The first-order valence-electron chi connectivity index (χ1n) is 11.3. The number of amides is 2. The van der Waals surface area contributed by atoms with Crippen LogP contribution >= 0.6 is 0 Å². The predicted molar refractivity (Wildman–Crippen MR) is 128 cm³/mol. The molecule has 2 saturated heterocycles. The van der Waals surface area contributed by atoms with Crippen molar-refractivity contribution in [3.63, 3.8) is 0 Å². The van der Waals surface area contributed by atoms with Crippen molar-refractivity contribution in [2.24, 2.45) is 0 Å². The van der Waals surface area contributed by atoms with Gasteiger partial charge in [0.1, 0.15) is 5.75 Å². The molecule has 0 spiro atoms. The van der Waals surface area contributed by atoms with Gasteiger partial charge >= 0.3 is 0 Å². The molecule has 182 valence electrons. The van der Waals surface area contributed by atoms with Crippen molar-refractivity contribution in [3.05, 3.63) is 48.0 Å². The van der Waals surface area contributed by atoms with Gasteiger partial charge in [0.25, 0.3) is 5.91 Å². The van der Waals surface area contributed by atoms with Gasteiger partial charge in [-0.25, -0.2) is 8.42 Å². The van der Waals surface area contributed by atoms with Gasteiger partial charge in [-0.3, -0.25) is 9.59 Å². The fraction of sp³-hybridized carbons (Fsp3) is 0.417. The van der Waals surface area contributed by atoms with E-state index in [1.807, 2.05) is 6.07 Å². The first-order chi connectivity index (χ1) is 16.3. The van der Waals surface area contributed by atoms with Crippen molar-refractivity contribution in [3.8, 4) is 5.75 Å². The van der Waals surface area contributed by atoms with E-state index in [1.54, 1.807) is 49.1 Å². The molecule has 2 aromatic carbocycles. The monoisotopic (exact) mass is 487 g/mol. The van der Waals surface area contributed by atoms with Crippen molar-refractivity contribution in [1.82, 2.24) is 4.31 Å². The van der Waals surface area contributed by atoms with Crippen molar-refractivity contribution in [2.45, 2.75) is 37.7 Å². The number of carbonyl (C=O) groups excluding carboxylic acids is 2. The number of nitrogens with zero attached hydrogens (tertiary/aromatic N) is 2. The fourth-order valence-electron chi connectivity index (χ4n) is 4.03. The van der Waals surface area contributed by atoms with Gasteiger partial charge in [-0.05, 0) is 50.1 Å². The number of morpholine rings is 1. The molecule has 0 aliphatic carbocycles. The van der Waals surface area contributed by atoms with Gasteiger partial charge in [0, 0.05) is 43.5 Å². The molecule has 1 N–H and O–H groups in total. The molecule has 2 aromatic rings. The van der Waals surface area contributed by atoms with Crippen LogP contribution in [0, 0.1) is 6.92 Å². The number of anilines is 2. The Morgan fingerprint density at radius 2 is 1.88 bits per heavy atom. The molecular formula is C24H29N3O6S. The second-order valence-corrected chi connectivity index (χ2v) is 10.3. The molecule has 2 fully saturated rings. The Labute approximate surface area is 199 Å². The summed E-state index contributed by atoms with van der Waals surface area (Å²) in [4.78, 5) is 26.7. The summed E-state index contributed by atoms with van der Waals surface area (Å²) in [6.45, 7) is 5.32. The normalized spacial score (nSPS) is 18.1. The van der Waals surface area contributed by atoms with Gasteiger partial charge in [-0.1, -0.05) is 12.1 Å². The van der Waals surface area contributed by atoms with E-state index in [4.69, 9.17) is 9.47 Å². The maximum Gasteiger partial charge on any atom is 0.265 e. The number of hydrogen-bond donors (Lipinski definition) is 1. The lowest BCUT2D eigenvalue weighted by Crippen LogP contribution is -2.40. The predicted octanol–water partition coefficient (Wildman–Crippen LogP) is 2.55. The van der Waals surface area contributed by atoms with Gasteiger partial charge in [0.2, 0.25) is 15.9 Å². The van der Waals surface area contributed by atoms with E-state index in [0.717, 1.165) is 12.1 Å². The summed E-state index contributed by atoms with van der Waals surface area (Å²) in [5, 5.41) is 2.75. The van der Waals surface area contributed by atoms with Crippen molar-refractivity contribution in [2.75, 3.05) is 43.1 Å². The summed E-state index contributed by atoms with van der Waals surface area (Å²) in [5.74, 6) is 0.130. The highest BCUT2D eigenvalue weighted by Crippen LogP contribution is 2.27. The van der Waals surface area contributed by atoms with Gasteiger partial charge < -0.3 is 19.7 Å². The van der Waals surface area contributed by atoms with Crippen LogP contribution in [-0.4, -0.2) is 63.5 Å². The summed E-state index contributed by atoms with van der Waals surface area (Å²) in [7, 11) is -3.70. The third-order valence-corrected chi connectivity index (χ3v) is 7.97. The molecule has 2 heterocycles. The van der Waals surface area contributed by atoms with Crippen LogP contribution < -0.4 is 15.0 Å². The molecule has 0 radical (unpaired) electrons. The first kappa shape index (κ1) is 24.2. The number of sulfonamides is 1. The minimum absolute atomic E-state index is 0.0742. The molecule has 1 unspecified atom stereocenters. The zero-order chi connectivity index (χ0) is 24.3. The standard InChI is InChI=1S/C24H29N3O6S/c1-17-8-9-19(15-22(17)34(30,31)26-11-13-32-14-12-26)25-24(29)18(2)33-21-6-3-5-20(16-21)27-10-4-7-23(27)28/h3,5-6,8-9,15-16,18H,4,7,10-14H2,1-2H3,(H,25,29). The van der Waals surface area contributed by atoms with Crippen molar-refractivity contribution >= 4 is 33.2 Å². The lowest BCUT2D eigenvalue weighted by Gasteiger charge is -2.27. The molecule has 0 saturated carbocycles. The van der Waals surface area contributed by atoms with E-state index < -0.39 is 22.0 Å². The van der Waals surface area contributed by atoms with Crippen LogP contribution in [0.3, 0.4) is 0 Å². The van der Waals surface area contributed by atoms with Crippen molar-refractivity contribution < 1.29 is 27.5 Å². The average Bonchev–Trinajstić information content (AvgIpc) is 3.26. The molecule has 9 nitrogen and oxygen atoms in total. The Balaban J connectivity index is 1.44. The quantitative estimate of drug-likeness (QED) is 0.644. The molecule has 1 atom stereocenters. The number of carbonyl (C=O) groups is 2. The summed E-state index contributed by atoms with van der Waals surface area (Å²) in [6.07, 6.45) is 0.511. The lowest BCUT2D eigenvalue weighted by atomic mass is 10.2. The summed E-state index contributed by atoms with van der Waals surface area (Å²) >= 11 is 0. The maximum absolute atomic E-state index is 13.1. The van der Waals surface area contributed by atoms with Gasteiger partial charge in [-0.15, -0.1) is 0 Å². The number of benzene rings is 2. The van der Waals surface area contributed by atoms with E-state index >= 15 is 0 Å². The molecule has 0 aromatic heterocycles. The van der Waals surface area contributed by atoms with Gasteiger partial charge in [0.15, 0.2) is 6.10 Å². The van der Waals surface area contributed by atoms with Crippen LogP contribution in [0.5, 0.6) is 5.75 Å². The van der Waals surface area contributed by atoms with E-state index in [1.165, 1.54) is 10.4 Å². The summed E-state index contributed by atoms with van der Waals surface area (Å²) in [5.41, 5.74) is 1.71. The zero-order valence-corrected chi connectivity index (χ0v) is 20.1. The second-order valence-electron chi connectivity index (χ2n) is 8.39. The minimum atomic E-state index is -3.70. The zero-order valence-electron chi connectivity index (χ0n) is 19.3. The van der Waals surface area contributed by atoms with E-state index in [9.17, 15) is 18.0 Å². The van der Waals surface area contributed by atoms with Crippen LogP contribution in [-0.2, 0) is 24.3 Å². The van der Waals surface area contributed by atoms with Crippen LogP contribution in [0.2, 0.25) is 0 Å². The number of nitrogens with one attached hydrogen (secondary N) is 1. The Morgan fingerprint density at radius 3 is 2.59 bits per heavy atom. The number of rotatable bonds is 7. The van der Waals surface area contributed by atoms with E-state index in [2.05, 4.69) is 5.32 Å². The number of ether oxygens (including phenoxy) is 2. The lowest BCUT2D eigenvalue weighted by molar-refractivity contribution is -0.122.